The fraction of sp³-hybridized carbons (Fsp3) is 0.706. The van der Waals surface area contributed by atoms with Crippen LogP contribution in [0.3, 0.4) is 0 Å². The lowest BCUT2D eigenvalue weighted by Crippen LogP contribution is -2.66. The highest BCUT2D eigenvalue weighted by molar-refractivity contribution is 5.49. The number of aryl methyl sites for hydroxylation is 1. The van der Waals surface area contributed by atoms with Crippen LogP contribution in [-0.4, -0.2) is 45.4 Å². The Hall–Kier alpha value is -1.69. The lowest BCUT2D eigenvalue weighted by atomic mass is 9.57. The quantitative estimate of drug-likeness (QED) is 0.867. The van der Waals surface area contributed by atoms with E-state index in [1.165, 1.54) is 0 Å². The molecule has 2 aromatic heterocycles. The minimum atomic E-state index is 0.150. The molecule has 3 atom stereocenters. The lowest BCUT2D eigenvalue weighted by molar-refractivity contribution is -0.101. The monoisotopic (exact) mass is 315 g/mol. The summed E-state index contributed by atoms with van der Waals surface area (Å²) in [6, 6.07) is 2.63. The van der Waals surface area contributed by atoms with Crippen molar-refractivity contribution in [2.45, 2.75) is 52.2 Å². The lowest BCUT2D eigenvalue weighted by Gasteiger charge is -2.58. The number of rotatable bonds is 4. The Kier molecular flexibility index (Phi) is 3.34. The predicted molar refractivity (Wildman–Crippen MR) is 88.6 cm³/mol. The van der Waals surface area contributed by atoms with Gasteiger partial charge in [0.1, 0.15) is 12.1 Å². The highest BCUT2D eigenvalue weighted by Gasteiger charge is 2.61. The first-order valence-corrected chi connectivity index (χ1v) is 8.58. The van der Waals surface area contributed by atoms with Gasteiger partial charge in [0.15, 0.2) is 0 Å². The summed E-state index contributed by atoms with van der Waals surface area (Å²) in [5, 5.41) is 4.39. The molecule has 6 heteroatoms. The fourth-order valence-corrected chi connectivity index (χ4v) is 4.71. The minimum Gasteiger partial charge on any atom is -0.377 e. The Bertz CT molecular complexity index is 725. The van der Waals surface area contributed by atoms with Crippen LogP contribution in [0.25, 0.3) is 5.78 Å². The second-order valence-electron chi connectivity index (χ2n) is 7.45. The van der Waals surface area contributed by atoms with Crippen molar-refractivity contribution in [1.82, 2.24) is 19.6 Å². The van der Waals surface area contributed by atoms with E-state index in [-0.39, 0.29) is 5.41 Å². The van der Waals surface area contributed by atoms with E-state index in [1.54, 1.807) is 6.33 Å². The third kappa shape index (κ3) is 2.07. The van der Waals surface area contributed by atoms with Crippen molar-refractivity contribution in [2.75, 3.05) is 18.6 Å². The van der Waals surface area contributed by atoms with E-state index in [9.17, 15) is 0 Å². The first kappa shape index (κ1) is 14.9. The van der Waals surface area contributed by atoms with E-state index in [4.69, 9.17) is 4.74 Å². The average molecular weight is 315 g/mol. The van der Waals surface area contributed by atoms with Crippen molar-refractivity contribution in [2.24, 2.45) is 11.3 Å². The van der Waals surface area contributed by atoms with Crippen molar-refractivity contribution in [3.05, 3.63) is 18.1 Å². The Morgan fingerprint density at radius 3 is 3.04 bits per heavy atom. The van der Waals surface area contributed by atoms with Crippen LogP contribution in [0.2, 0.25) is 0 Å². The molecule has 6 nitrogen and oxygen atoms in total. The molecular weight excluding hydrogens is 290 g/mol. The van der Waals surface area contributed by atoms with Gasteiger partial charge in [0.25, 0.3) is 5.78 Å². The average Bonchev–Trinajstić information content (AvgIpc) is 3.13. The van der Waals surface area contributed by atoms with Crippen LogP contribution in [0.4, 0.5) is 5.82 Å². The largest absolute Gasteiger partial charge is 0.377 e. The van der Waals surface area contributed by atoms with Gasteiger partial charge in [-0.3, -0.25) is 0 Å². The molecule has 0 N–H and O–H groups in total. The van der Waals surface area contributed by atoms with Crippen molar-refractivity contribution < 1.29 is 4.74 Å². The maximum absolute atomic E-state index is 5.94. The summed E-state index contributed by atoms with van der Waals surface area (Å²) in [6.07, 6.45) is 5.17. The molecular formula is C17H25N5O. The van der Waals surface area contributed by atoms with Crippen LogP contribution in [-0.2, 0) is 11.2 Å². The van der Waals surface area contributed by atoms with E-state index in [0.29, 0.717) is 23.8 Å². The summed E-state index contributed by atoms with van der Waals surface area (Å²) in [4.78, 5) is 11.3. The molecule has 124 valence electrons. The molecule has 0 spiro atoms. The van der Waals surface area contributed by atoms with Crippen molar-refractivity contribution in [3.63, 3.8) is 0 Å². The molecule has 3 heterocycles. The molecule has 2 fully saturated rings. The molecule has 2 aliphatic rings. The van der Waals surface area contributed by atoms with Gasteiger partial charge in [0, 0.05) is 42.8 Å². The van der Waals surface area contributed by atoms with Crippen LogP contribution in [0.1, 0.15) is 39.3 Å². The maximum Gasteiger partial charge on any atom is 0.254 e. The van der Waals surface area contributed by atoms with Gasteiger partial charge < -0.3 is 9.64 Å². The first-order chi connectivity index (χ1) is 11.0. The van der Waals surface area contributed by atoms with Gasteiger partial charge in [-0.05, 0) is 12.8 Å². The Balaban J connectivity index is 1.74. The number of aromatic nitrogens is 4. The Labute approximate surface area is 136 Å². The summed E-state index contributed by atoms with van der Waals surface area (Å²) in [7, 11) is 2.17. The fourth-order valence-electron chi connectivity index (χ4n) is 4.71. The number of hydrogen-bond acceptors (Lipinski definition) is 5. The topological polar surface area (TPSA) is 55.6 Å². The zero-order chi connectivity index (χ0) is 16.2. The summed E-state index contributed by atoms with van der Waals surface area (Å²) in [5.41, 5.74) is 1.24. The van der Waals surface area contributed by atoms with Crippen LogP contribution in [0, 0.1) is 11.3 Å². The molecule has 0 aromatic carbocycles. The van der Waals surface area contributed by atoms with Gasteiger partial charge in [-0.1, -0.05) is 27.2 Å². The van der Waals surface area contributed by atoms with E-state index in [2.05, 4.69) is 53.9 Å². The molecule has 1 aliphatic carbocycles. The Morgan fingerprint density at radius 1 is 1.43 bits per heavy atom. The van der Waals surface area contributed by atoms with Gasteiger partial charge in [-0.25, -0.2) is 4.98 Å². The summed E-state index contributed by atoms with van der Waals surface area (Å²) in [6.45, 7) is 7.69. The van der Waals surface area contributed by atoms with E-state index in [1.807, 2.05) is 4.52 Å². The van der Waals surface area contributed by atoms with E-state index >= 15 is 0 Å². The van der Waals surface area contributed by atoms with Crippen LogP contribution in [0.15, 0.2) is 12.4 Å². The van der Waals surface area contributed by atoms with Gasteiger partial charge in [-0.15, -0.1) is 0 Å². The molecule has 0 amide bonds. The number of hydrogen-bond donors (Lipinski definition) is 0. The molecule has 0 radical (unpaired) electrons. The van der Waals surface area contributed by atoms with Gasteiger partial charge in [0.2, 0.25) is 0 Å². The molecule has 2 aromatic rings. The minimum absolute atomic E-state index is 0.150. The van der Waals surface area contributed by atoms with Crippen LogP contribution >= 0.6 is 0 Å². The first-order valence-electron chi connectivity index (χ1n) is 8.58. The normalized spacial score (nSPS) is 28.6. The molecule has 1 saturated heterocycles. The van der Waals surface area contributed by atoms with Crippen molar-refractivity contribution in [3.8, 4) is 0 Å². The Morgan fingerprint density at radius 2 is 2.26 bits per heavy atom. The summed E-state index contributed by atoms with van der Waals surface area (Å²) in [5.74, 6) is 2.38. The smallest absolute Gasteiger partial charge is 0.254 e. The highest BCUT2D eigenvalue weighted by atomic mass is 16.5. The molecule has 1 saturated carbocycles. The third-order valence-corrected chi connectivity index (χ3v) is 5.61. The molecule has 4 rings (SSSR count). The number of fused-ring (bicyclic) bond motifs is 2. The summed E-state index contributed by atoms with van der Waals surface area (Å²) < 4.78 is 7.80. The summed E-state index contributed by atoms with van der Waals surface area (Å²) >= 11 is 0. The van der Waals surface area contributed by atoms with Crippen LogP contribution in [0.5, 0.6) is 0 Å². The second-order valence-corrected chi connectivity index (χ2v) is 7.45. The standard InChI is InChI=1S/C17H25N5O/c1-5-6-11-9-13(22-16(20-11)18-10-19-22)21(4)14-12-7-8-23-15(12)17(14,2)3/h9-10,12,14-15H,5-8H2,1-4H3/t12-,14-,15-/m1/s1. The molecule has 0 bridgehead atoms. The van der Waals surface area contributed by atoms with Crippen molar-refractivity contribution >= 4 is 11.6 Å². The van der Waals surface area contributed by atoms with Crippen LogP contribution < -0.4 is 4.90 Å². The number of anilines is 1. The van der Waals surface area contributed by atoms with E-state index < -0.39 is 0 Å². The van der Waals surface area contributed by atoms with Crippen molar-refractivity contribution in [1.29, 1.82) is 0 Å². The maximum atomic E-state index is 5.94. The van der Waals surface area contributed by atoms with Gasteiger partial charge in [-0.2, -0.15) is 14.6 Å². The molecule has 0 unspecified atom stereocenters. The SMILES string of the molecule is CCCc1cc(N(C)[C@@H]2[C@H]3CCO[C@H]3C2(C)C)n2ncnc2n1. The van der Waals surface area contributed by atoms with Gasteiger partial charge in [0.05, 0.1) is 6.10 Å². The predicted octanol–water partition coefficient (Wildman–Crippen LogP) is 2.33. The van der Waals surface area contributed by atoms with Gasteiger partial charge >= 0.3 is 0 Å². The van der Waals surface area contributed by atoms with E-state index in [0.717, 1.165) is 37.4 Å². The second kappa shape index (κ2) is 5.16. The zero-order valence-electron chi connectivity index (χ0n) is 14.4. The third-order valence-electron chi connectivity index (χ3n) is 5.61. The number of ether oxygens (including phenoxy) is 1. The highest BCUT2D eigenvalue weighted by Crippen LogP contribution is 2.54. The zero-order valence-corrected chi connectivity index (χ0v) is 14.4. The molecule has 1 aliphatic heterocycles. The number of nitrogens with zero attached hydrogens (tertiary/aromatic N) is 5. The molecule has 23 heavy (non-hydrogen) atoms.